The van der Waals surface area contributed by atoms with E-state index in [9.17, 15) is 0 Å². The second-order valence-electron chi connectivity index (χ2n) is 9.56. The normalized spacial score (nSPS) is 10.8. The van der Waals surface area contributed by atoms with Gasteiger partial charge in [-0.3, -0.25) is 0 Å². The van der Waals surface area contributed by atoms with E-state index in [0.29, 0.717) is 0 Å². The number of hydrogen-bond acceptors (Lipinski definition) is 0. The van der Waals surface area contributed by atoms with Crippen molar-refractivity contribution in [3.05, 3.63) is 152 Å². The van der Waals surface area contributed by atoms with E-state index in [-0.39, 0.29) is 0 Å². The van der Waals surface area contributed by atoms with E-state index in [1.807, 2.05) is 0 Å². The Morgan fingerprint density at radius 1 is 0.243 bits per heavy atom. The maximum absolute atomic E-state index is 2.32. The van der Waals surface area contributed by atoms with Crippen LogP contribution in [0.1, 0.15) is 0 Å². The van der Waals surface area contributed by atoms with E-state index in [1.54, 1.807) is 0 Å². The third-order valence-electron chi connectivity index (χ3n) is 6.91. The van der Waals surface area contributed by atoms with Crippen molar-refractivity contribution in [1.29, 1.82) is 0 Å². The molecule has 0 nitrogen and oxygen atoms in total. The van der Waals surface area contributed by atoms with E-state index in [4.69, 9.17) is 0 Å². The Morgan fingerprint density at radius 2 is 0.568 bits per heavy atom. The van der Waals surface area contributed by atoms with Crippen molar-refractivity contribution in [2.45, 2.75) is 0 Å². The number of benzene rings is 6. The summed E-state index contributed by atoms with van der Waals surface area (Å²) in [5.74, 6) is 0. The minimum atomic E-state index is 1.22. The van der Waals surface area contributed by atoms with Crippen LogP contribution in [0.25, 0.3) is 55.6 Å². The van der Waals surface area contributed by atoms with Gasteiger partial charge in [0.15, 0.2) is 0 Å². The first-order chi connectivity index (χ1) is 18.2. The van der Waals surface area contributed by atoms with E-state index < -0.39 is 0 Å². The van der Waals surface area contributed by atoms with Crippen LogP contribution < -0.4 is 5.46 Å². The first-order valence-electron chi connectivity index (χ1n) is 12.8. The van der Waals surface area contributed by atoms with E-state index >= 15 is 0 Å². The van der Waals surface area contributed by atoms with Crippen LogP contribution in [-0.4, -0.2) is 7.85 Å². The van der Waals surface area contributed by atoms with Gasteiger partial charge in [0.05, 0.1) is 0 Å². The molecule has 0 spiro atoms. The Balaban J connectivity index is 1.45. The summed E-state index contributed by atoms with van der Waals surface area (Å²) < 4.78 is 0. The Morgan fingerprint density at radius 3 is 1.11 bits per heavy atom. The zero-order chi connectivity index (χ0) is 25.0. The molecule has 0 aliphatic rings. The van der Waals surface area contributed by atoms with Gasteiger partial charge in [-0.05, 0) is 79.9 Å². The van der Waals surface area contributed by atoms with Gasteiger partial charge < -0.3 is 0 Å². The van der Waals surface area contributed by atoms with Gasteiger partial charge in [0.25, 0.3) is 0 Å². The summed E-state index contributed by atoms with van der Waals surface area (Å²) in [6, 6.07) is 54.6. The fraction of sp³-hybridized carbons (Fsp3) is 0. The molecule has 0 saturated carbocycles. The molecule has 0 fully saturated rings. The van der Waals surface area contributed by atoms with Gasteiger partial charge in [0.1, 0.15) is 7.85 Å². The van der Waals surface area contributed by atoms with E-state index in [0.717, 1.165) is 0 Å². The molecule has 0 radical (unpaired) electrons. The van der Waals surface area contributed by atoms with Crippen LogP contribution in [0, 0.1) is 0 Å². The van der Waals surface area contributed by atoms with Gasteiger partial charge in [-0.25, -0.2) is 0 Å². The van der Waals surface area contributed by atoms with Gasteiger partial charge >= 0.3 is 0 Å². The molecule has 0 heterocycles. The third-order valence-corrected chi connectivity index (χ3v) is 6.91. The molecule has 37 heavy (non-hydrogen) atoms. The minimum absolute atomic E-state index is 1.22. The summed E-state index contributed by atoms with van der Waals surface area (Å²) in [7, 11) is 2.14. The maximum Gasteiger partial charge on any atom is 0.139 e. The fourth-order valence-corrected chi connectivity index (χ4v) is 4.95. The summed E-state index contributed by atoms with van der Waals surface area (Å²) in [4.78, 5) is 0. The van der Waals surface area contributed by atoms with Crippen LogP contribution in [0.3, 0.4) is 0 Å². The number of rotatable bonds is 5. The lowest BCUT2D eigenvalue weighted by Gasteiger charge is -2.13. The monoisotopic (exact) mass is 470 g/mol. The molecule has 6 aromatic rings. The van der Waals surface area contributed by atoms with Crippen LogP contribution in [0.15, 0.2) is 152 Å². The lowest BCUT2D eigenvalue weighted by atomic mass is 9.90. The first-order valence-corrected chi connectivity index (χ1v) is 12.8. The second-order valence-corrected chi connectivity index (χ2v) is 9.56. The smallest absolute Gasteiger partial charge is 0.0884 e. The summed E-state index contributed by atoms with van der Waals surface area (Å²) >= 11 is 0. The highest BCUT2D eigenvalue weighted by atomic mass is 14.1. The summed E-state index contributed by atoms with van der Waals surface area (Å²) in [6.45, 7) is 0. The molecule has 0 saturated heterocycles. The molecule has 0 unspecified atom stereocenters. The molecule has 174 valence electrons. The van der Waals surface area contributed by atoms with Gasteiger partial charge in [-0.1, -0.05) is 133 Å². The highest BCUT2D eigenvalue weighted by molar-refractivity contribution is 6.32. The molecule has 0 bridgehead atoms. The molecular weight excluding hydrogens is 443 g/mol. The van der Waals surface area contributed by atoms with Crippen LogP contribution in [0.2, 0.25) is 0 Å². The van der Waals surface area contributed by atoms with E-state index in [2.05, 4.69) is 160 Å². The molecule has 0 N–H and O–H groups in total. The average molecular weight is 470 g/mol. The predicted octanol–water partition coefficient (Wildman–Crippen LogP) is 8.28. The lowest BCUT2D eigenvalue weighted by molar-refractivity contribution is 1.55. The topological polar surface area (TPSA) is 0 Å². The highest BCUT2D eigenvalue weighted by Crippen LogP contribution is 2.35. The standard InChI is InChI=1S/C36H27B/c37-36-16-8-15-32(25-36)30-13-7-14-31(21-30)35-23-33(27-11-5-2-6-12-27)22-34(24-35)29-19-17-28(18-20-29)26-9-3-1-4-10-26/h1-25H,37H2. The van der Waals surface area contributed by atoms with Crippen LogP contribution in [0.5, 0.6) is 0 Å². The van der Waals surface area contributed by atoms with Crippen molar-refractivity contribution in [2.24, 2.45) is 0 Å². The minimum Gasteiger partial charge on any atom is -0.0884 e. The van der Waals surface area contributed by atoms with Crippen molar-refractivity contribution >= 4 is 13.3 Å². The van der Waals surface area contributed by atoms with Crippen LogP contribution in [0.4, 0.5) is 0 Å². The molecule has 1 heteroatoms. The Hall–Kier alpha value is -4.62. The molecule has 0 aliphatic carbocycles. The van der Waals surface area contributed by atoms with Gasteiger partial charge in [0, 0.05) is 0 Å². The molecule has 6 aromatic carbocycles. The van der Waals surface area contributed by atoms with Crippen molar-refractivity contribution in [3.63, 3.8) is 0 Å². The zero-order valence-corrected chi connectivity index (χ0v) is 20.9. The molecule has 0 aliphatic heterocycles. The van der Waals surface area contributed by atoms with Crippen molar-refractivity contribution < 1.29 is 0 Å². The number of hydrogen-bond donors (Lipinski definition) is 0. The predicted molar refractivity (Wildman–Crippen MR) is 162 cm³/mol. The maximum atomic E-state index is 2.32. The van der Waals surface area contributed by atoms with Gasteiger partial charge in [-0.2, -0.15) is 0 Å². The second kappa shape index (κ2) is 10.2. The van der Waals surface area contributed by atoms with Crippen LogP contribution in [-0.2, 0) is 0 Å². The lowest BCUT2D eigenvalue weighted by Crippen LogP contribution is -2.00. The Kier molecular flexibility index (Phi) is 6.27. The van der Waals surface area contributed by atoms with Gasteiger partial charge in [0.2, 0.25) is 0 Å². The largest absolute Gasteiger partial charge is 0.139 e. The quantitative estimate of drug-likeness (QED) is 0.223. The third kappa shape index (κ3) is 5.03. The summed E-state index contributed by atoms with van der Waals surface area (Å²) in [5.41, 5.74) is 13.5. The first kappa shape index (κ1) is 22.8. The molecular formula is C36H27B. The Bertz CT molecular complexity index is 1650. The fourth-order valence-electron chi connectivity index (χ4n) is 4.95. The zero-order valence-electron chi connectivity index (χ0n) is 20.9. The van der Waals surface area contributed by atoms with E-state index in [1.165, 1.54) is 61.1 Å². The summed E-state index contributed by atoms with van der Waals surface area (Å²) in [6.07, 6.45) is 0. The summed E-state index contributed by atoms with van der Waals surface area (Å²) in [5, 5.41) is 0. The SMILES string of the molecule is Bc1cccc(-c2cccc(-c3cc(-c4ccccc4)cc(-c4ccc(-c5ccccc5)cc4)c3)c2)c1. The molecule has 6 rings (SSSR count). The van der Waals surface area contributed by atoms with Crippen molar-refractivity contribution in [2.75, 3.05) is 0 Å². The Labute approximate surface area is 220 Å². The van der Waals surface area contributed by atoms with Crippen molar-refractivity contribution in [3.8, 4) is 55.6 Å². The van der Waals surface area contributed by atoms with Gasteiger partial charge in [-0.15, -0.1) is 0 Å². The average Bonchev–Trinajstić information content (AvgIpc) is 2.98. The highest BCUT2D eigenvalue weighted by Gasteiger charge is 2.09. The molecule has 0 atom stereocenters. The molecule has 0 amide bonds. The van der Waals surface area contributed by atoms with Crippen LogP contribution >= 0.6 is 0 Å². The van der Waals surface area contributed by atoms with Crippen molar-refractivity contribution in [1.82, 2.24) is 0 Å². The molecule has 0 aromatic heterocycles.